The van der Waals surface area contributed by atoms with Crippen molar-refractivity contribution in [3.8, 4) is 0 Å². The molecule has 0 spiro atoms. The summed E-state index contributed by atoms with van der Waals surface area (Å²) >= 11 is 18.1. The van der Waals surface area contributed by atoms with Crippen molar-refractivity contribution in [2.45, 2.75) is 6.54 Å². The van der Waals surface area contributed by atoms with Crippen LogP contribution < -0.4 is 5.32 Å². The molecular weight excluding hydrogens is 415 g/mol. The van der Waals surface area contributed by atoms with Crippen LogP contribution in [-0.2, 0) is 6.54 Å². The van der Waals surface area contributed by atoms with Gasteiger partial charge in [-0.15, -0.1) is 0 Å². The molecule has 10 heteroatoms. The standard InChI is InChI=1S/C17H11Cl3N4O3/c18-11-4-5-14(24(26)27)12(8-11)17(25)22-15-6-7-21-23(15)9-10-2-1-3-13(19)16(10)20/h1-8H,9H2,(H,22,25). The molecule has 0 fully saturated rings. The molecule has 0 aliphatic rings. The molecule has 3 rings (SSSR count). The van der Waals surface area contributed by atoms with E-state index in [1.807, 2.05) is 0 Å². The number of hydrogen-bond donors (Lipinski definition) is 1. The first-order valence-electron chi connectivity index (χ1n) is 7.57. The number of halogens is 3. The number of anilines is 1. The lowest BCUT2D eigenvalue weighted by atomic mass is 10.1. The van der Waals surface area contributed by atoms with Crippen molar-refractivity contribution in [1.82, 2.24) is 9.78 Å². The predicted octanol–water partition coefficient (Wildman–Crippen LogP) is 5.05. The van der Waals surface area contributed by atoms with E-state index in [4.69, 9.17) is 34.8 Å². The Balaban J connectivity index is 1.87. The van der Waals surface area contributed by atoms with Crippen molar-refractivity contribution in [2.24, 2.45) is 0 Å². The van der Waals surface area contributed by atoms with Gasteiger partial charge in [-0.2, -0.15) is 5.10 Å². The number of carbonyl (C=O) groups is 1. The second-order valence-electron chi connectivity index (χ2n) is 5.46. The van der Waals surface area contributed by atoms with Crippen molar-refractivity contribution < 1.29 is 9.72 Å². The maximum atomic E-state index is 12.6. The van der Waals surface area contributed by atoms with Crippen molar-refractivity contribution in [3.05, 3.63) is 85.0 Å². The average molecular weight is 426 g/mol. The lowest BCUT2D eigenvalue weighted by Gasteiger charge is -2.11. The van der Waals surface area contributed by atoms with Crippen LogP contribution >= 0.6 is 34.8 Å². The summed E-state index contributed by atoms with van der Waals surface area (Å²) in [7, 11) is 0. The molecule has 1 aromatic heterocycles. The fourth-order valence-electron chi connectivity index (χ4n) is 2.43. The molecule has 0 unspecified atom stereocenters. The van der Waals surface area contributed by atoms with E-state index in [0.29, 0.717) is 21.4 Å². The average Bonchev–Trinajstić information content (AvgIpc) is 3.05. The number of benzene rings is 2. The van der Waals surface area contributed by atoms with Gasteiger partial charge in [-0.05, 0) is 23.8 Å². The molecule has 0 atom stereocenters. The third-order valence-electron chi connectivity index (χ3n) is 3.71. The Bertz CT molecular complexity index is 1040. The predicted molar refractivity (Wildman–Crippen MR) is 104 cm³/mol. The fraction of sp³-hybridized carbons (Fsp3) is 0.0588. The van der Waals surface area contributed by atoms with Crippen LogP contribution in [0.15, 0.2) is 48.7 Å². The molecule has 0 saturated heterocycles. The molecule has 0 radical (unpaired) electrons. The van der Waals surface area contributed by atoms with E-state index >= 15 is 0 Å². The summed E-state index contributed by atoms with van der Waals surface area (Å²) in [5.41, 5.74) is 0.207. The number of nitrogens with one attached hydrogen (secondary N) is 1. The van der Waals surface area contributed by atoms with Crippen molar-refractivity contribution in [2.75, 3.05) is 5.32 Å². The summed E-state index contributed by atoms with van der Waals surface area (Å²) in [6.07, 6.45) is 1.49. The molecule has 138 valence electrons. The van der Waals surface area contributed by atoms with Crippen LogP contribution in [-0.4, -0.2) is 20.6 Å². The first-order valence-corrected chi connectivity index (χ1v) is 8.70. The first-order chi connectivity index (χ1) is 12.9. The molecule has 1 heterocycles. The van der Waals surface area contributed by atoms with Crippen LogP contribution in [0, 0.1) is 10.1 Å². The highest BCUT2D eigenvalue weighted by Gasteiger charge is 2.21. The van der Waals surface area contributed by atoms with Crippen LogP contribution in [0.4, 0.5) is 11.5 Å². The summed E-state index contributed by atoms with van der Waals surface area (Å²) in [5, 5.41) is 18.9. The van der Waals surface area contributed by atoms with E-state index in [-0.39, 0.29) is 22.8 Å². The topological polar surface area (TPSA) is 90.1 Å². The van der Waals surface area contributed by atoms with Gasteiger partial charge in [-0.3, -0.25) is 14.9 Å². The van der Waals surface area contributed by atoms with Crippen LogP contribution in [0.1, 0.15) is 15.9 Å². The lowest BCUT2D eigenvalue weighted by Crippen LogP contribution is -2.17. The highest BCUT2D eigenvalue weighted by molar-refractivity contribution is 6.42. The van der Waals surface area contributed by atoms with Crippen LogP contribution in [0.5, 0.6) is 0 Å². The number of carbonyl (C=O) groups excluding carboxylic acids is 1. The van der Waals surface area contributed by atoms with Gasteiger partial charge >= 0.3 is 0 Å². The molecule has 0 saturated carbocycles. The monoisotopic (exact) mass is 424 g/mol. The number of nitrogens with zero attached hydrogens (tertiary/aromatic N) is 3. The molecule has 2 aromatic carbocycles. The zero-order chi connectivity index (χ0) is 19.6. The van der Waals surface area contributed by atoms with E-state index < -0.39 is 10.8 Å². The quantitative estimate of drug-likeness (QED) is 0.457. The van der Waals surface area contributed by atoms with Gasteiger partial charge in [-0.25, -0.2) is 4.68 Å². The molecule has 3 aromatic rings. The second kappa shape index (κ2) is 7.96. The smallest absolute Gasteiger partial charge is 0.282 e. The Hall–Kier alpha value is -2.61. The molecule has 1 N–H and O–H groups in total. The lowest BCUT2D eigenvalue weighted by molar-refractivity contribution is -0.385. The minimum absolute atomic E-state index is 0.152. The van der Waals surface area contributed by atoms with Gasteiger partial charge in [0.2, 0.25) is 0 Å². The van der Waals surface area contributed by atoms with Gasteiger partial charge < -0.3 is 5.32 Å². The summed E-state index contributed by atoms with van der Waals surface area (Å²) in [6.45, 7) is 0.250. The molecular formula is C17H11Cl3N4O3. The van der Waals surface area contributed by atoms with Gasteiger partial charge in [0.25, 0.3) is 11.6 Å². The minimum Gasteiger partial charge on any atom is -0.307 e. The Labute approximate surface area is 168 Å². The minimum atomic E-state index is -0.678. The van der Waals surface area contributed by atoms with Gasteiger partial charge in [0.15, 0.2) is 0 Å². The molecule has 0 aliphatic heterocycles. The third-order valence-corrected chi connectivity index (χ3v) is 4.80. The highest BCUT2D eigenvalue weighted by atomic mass is 35.5. The summed E-state index contributed by atoms with van der Waals surface area (Å²) in [6, 6.07) is 10.5. The second-order valence-corrected chi connectivity index (χ2v) is 6.68. The number of amides is 1. The fourth-order valence-corrected chi connectivity index (χ4v) is 2.98. The molecule has 1 amide bonds. The number of rotatable bonds is 5. The molecule has 0 aliphatic carbocycles. The van der Waals surface area contributed by atoms with Crippen molar-refractivity contribution >= 4 is 52.2 Å². The van der Waals surface area contributed by atoms with E-state index in [0.717, 1.165) is 0 Å². The number of nitro benzene ring substituents is 1. The Morgan fingerprint density at radius 3 is 2.70 bits per heavy atom. The van der Waals surface area contributed by atoms with Gasteiger partial charge in [-0.1, -0.05) is 46.9 Å². The zero-order valence-corrected chi connectivity index (χ0v) is 15.8. The number of hydrogen-bond acceptors (Lipinski definition) is 4. The van der Waals surface area contributed by atoms with Crippen LogP contribution in [0.25, 0.3) is 0 Å². The van der Waals surface area contributed by atoms with Gasteiger partial charge in [0.05, 0.1) is 27.7 Å². The summed E-state index contributed by atoms with van der Waals surface area (Å²) in [4.78, 5) is 23.1. The molecule has 7 nitrogen and oxygen atoms in total. The van der Waals surface area contributed by atoms with Crippen LogP contribution in [0.3, 0.4) is 0 Å². The first kappa shape index (κ1) is 19.2. The van der Waals surface area contributed by atoms with E-state index in [9.17, 15) is 14.9 Å². The van der Waals surface area contributed by atoms with E-state index in [1.165, 1.54) is 29.1 Å². The zero-order valence-electron chi connectivity index (χ0n) is 13.5. The maximum Gasteiger partial charge on any atom is 0.282 e. The Morgan fingerprint density at radius 2 is 1.96 bits per heavy atom. The van der Waals surface area contributed by atoms with Crippen LogP contribution in [0.2, 0.25) is 15.1 Å². The van der Waals surface area contributed by atoms with Gasteiger partial charge in [0, 0.05) is 17.2 Å². The highest BCUT2D eigenvalue weighted by Crippen LogP contribution is 2.27. The third kappa shape index (κ3) is 4.21. The van der Waals surface area contributed by atoms with Gasteiger partial charge in [0.1, 0.15) is 11.4 Å². The Kier molecular flexibility index (Phi) is 5.65. The maximum absolute atomic E-state index is 12.6. The normalized spacial score (nSPS) is 10.6. The van der Waals surface area contributed by atoms with Crippen molar-refractivity contribution in [1.29, 1.82) is 0 Å². The molecule has 27 heavy (non-hydrogen) atoms. The van der Waals surface area contributed by atoms with Crippen molar-refractivity contribution in [3.63, 3.8) is 0 Å². The summed E-state index contributed by atoms with van der Waals surface area (Å²) < 4.78 is 1.49. The Morgan fingerprint density at radius 1 is 1.19 bits per heavy atom. The SMILES string of the molecule is O=C(Nc1ccnn1Cc1cccc(Cl)c1Cl)c1cc(Cl)ccc1[N+](=O)[O-]. The number of nitro groups is 1. The largest absolute Gasteiger partial charge is 0.307 e. The van der Waals surface area contributed by atoms with E-state index in [1.54, 1.807) is 24.3 Å². The number of aromatic nitrogens is 2. The molecule has 0 bridgehead atoms. The summed E-state index contributed by atoms with van der Waals surface area (Å²) in [5.74, 6) is -0.339. The van der Waals surface area contributed by atoms with E-state index in [2.05, 4.69) is 10.4 Å².